The van der Waals surface area contributed by atoms with Crippen LogP contribution >= 0.6 is 11.6 Å². The van der Waals surface area contributed by atoms with Crippen molar-refractivity contribution in [2.24, 2.45) is 7.05 Å². The fourth-order valence-electron chi connectivity index (χ4n) is 3.81. The Morgan fingerprint density at radius 2 is 1.79 bits per heavy atom. The Kier molecular flexibility index (Phi) is 5.49. The van der Waals surface area contributed by atoms with Crippen LogP contribution in [0.5, 0.6) is 0 Å². The Morgan fingerprint density at radius 3 is 2.53 bits per heavy atom. The second kappa shape index (κ2) is 8.49. The number of halogens is 4. The maximum absolute atomic E-state index is 13.7. The van der Waals surface area contributed by atoms with Crippen LogP contribution in [0.15, 0.2) is 71.9 Å². The van der Waals surface area contributed by atoms with Crippen molar-refractivity contribution in [1.82, 2.24) is 19.1 Å². The van der Waals surface area contributed by atoms with Gasteiger partial charge in [-0.05, 0) is 48.0 Å². The molecule has 0 aliphatic carbocycles. The van der Waals surface area contributed by atoms with E-state index in [9.17, 15) is 18.0 Å². The quantitative estimate of drug-likeness (QED) is 0.332. The summed E-state index contributed by atoms with van der Waals surface area (Å²) < 4.78 is 42.3. The maximum atomic E-state index is 13.7. The zero-order chi connectivity index (χ0) is 24.0. The molecule has 6 nitrogen and oxygen atoms in total. The van der Waals surface area contributed by atoms with Gasteiger partial charge in [-0.25, -0.2) is 23.1 Å². The van der Waals surface area contributed by atoms with E-state index in [0.29, 0.717) is 21.7 Å². The first-order valence-corrected chi connectivity index (χ1v) is 10.6. The third-order valence-electron chi connectivity index (χ3n) is 5.49. The highest BCUT2D eigenvalue weighted by Crippen LogP contribution is 2.28. The molecule has 1 N–H and O–H groups in total. The van der Waals surface area contributed by atoms with Crippen LogP contribution in [-0.2, 0) is 7.05 Å². The molecule has 1 atom stereocenters. The predicted molar refractivity (Wildman–Crippen MR) is 127 cm³/mol. The monoisotopic (exact) mass is 483 g/mol. The summed E-state index contributed by atoms with van der Waals surface area (Å²) in [6.07, 6.45) is -2.50. The van der Waals surface area contributed by atoms with Crippen LogP contribution in [0.3, 0.4) is 0 Å². The topological polar surface area (TPSA) is 64.7 Å². The standard InChI is InChI=1S/C24H17ClF3N5O/c1-32-12-29-17-8-7-16(10-18(17)32)33-11-14-4-9-19(31-23(28)22(26)27)30-21(14)20(24(33)34)13-2-5-15(25)6-3-13/h2-12,22-23H,1H3,(H,30,31). The minimum absolute atomic E-state index is 0.107. The maximum Gasteiger partial charge on any atom is 0.287 e. The van der Waals surface area contributed by atoms with Crippen LogP contribution in [0.25, 0.3) is 38.8 Å². The number of fused-ring (bicyclic) bond motifs is 2. The van der Waals surface area contributed by atoms with Gasteiger partial charge < -0.3 is 9.88 Å². The number of anilines is 1. The van der Waals surface area contributed by atoms with Gasteiger partial charge >= 0.3 is 0 Å². The number of pyridine rings is 2. The van der Waals surface area contributed by atoms with Gasteiger partial charge in [-0.3, -0.25) is 9.36 Å². The van der Waals surface area contributed by atoms with E-state index in [2.05, 4.69) is 9.97 Å². The molecule has 172 valence electrons. The first-order chi connectivity index (χ1) is 16.3. The van der Waals surface area contributed by atoms with Gasteiger partial charge in [0.05, 0.1) is 34.1 Å². The van der Waals surface area contributed by atoms with Gasteiger partial charge in [0, 0.05) is 23.7 Å². The van der Waals surface area contributed by atoms with Crippen molar-refractivity contribution < 1.29 is 13.2 Å². The number of nitrogens with one attached hydrogen (secondary N) is 1. The second-order valence-electron chi connectivity index (χ2n) is 7.73. The zero-order valence-electron chi connectivity index (χ0n) is 17.7. The molecule has 0 saturated carbocycles. The summed E-state index contributed by atoms with van der Waals surface area (Å²) in [6, 6.07) is 15.1. The molecule has 2 aromatic carbocycles. The van der Waals surface area contributed by atoms with E-state index in [1.165, 1.54) is 10.6 Å². The predicted octanol–water partition coefficient (Wildman–Crippen LogP) is 5.57. The minimum Gasteiger partial charge on any atom is -0.336 e. The van der Waals surface area contributed by atoms with Gasteiger partial charge in [0.15, 0.2) is 0 Å². The molecule has 0 fully saturated rings. The summed E-state index contributed by atoms with van der Waals surface area (Å²) in [7, 11) is 1.86. The Morgan fingerprint density at radius 1 is 1.03 bits per heavy atom. The van der Waals surface area contributed by atoms with Crippen LogP contribution in [0.1, 0.15) is 0 Å². The molecule has 0 radical (unpaired) electrons. The molecule has 5 rings (SSSR count). The lowest BCUT2D eigenvalue weighted by molar-refractivity contribution is 0.0649. The fraction of sp³-hybridized carbons (Fsp3) is 0.125. The number of benzene rings is 2. The van der Waals surface area contributed by atoms with Crippen molar-refractivity contribution in [3.05, 3.63) is 82.5 Å². The largest absolute Gasteiger partial charge is 0.336 e. The minimum atomic E-state index is -3.22. The molecule has 34 heavy (non-hydrogen) atoms. The summed E-state index contributed by atoms with van der Waals surface area (Å²) in [6.45, 7) is 0. The summed E-state index contributed by atoms with van der Waals surface area (Å²) in [5.74, 6) is -0.107. The fourth-order valence-corrected chi connectivity index (χ4v) is 3.94. The van der Waals surface area contributed by atoms with Gasteiger partial charge in [0.2, 0.25) is 6.30 Å². The molecule has 1 unspecified atom stereocenters. The van der Waals surface area contributed by atoms with Crippen molar-refractivity contribution in [2.45, 2.75) is 12.7 Å². The second-order valence-corrected chi connectivity index (χ2v) is 8.17. The molecule has 3 aromatic heterocycles. The van der Waals surface area contributed by atoms with E-state index >= 15 is 0 Å². The molecular formula is C24H17ClF3N5O. The zero-order valence-corrected chi connectivity index (χ0v) is 18.5. The van der Waals surface area contributed by atoms with E-state index < -0.39 is 12.7 Å². The third-order valence-corrected chi connectivity index (χ3v) is 5.74. The molecule has 0 bridgehead atoms. The number of hydrogen-bond acceptors (Lipinski definition) is 4. The summed E-state index contributed by atoms with van der Waals surface area (Å²) >= 11 is 6.03. The Hall–Kier alpha value is -3.85. The van der Waals surface area contributed by atoms with E-state index in [-0.39, 0.29) is 22.5 Å². The smallest absolute Gasteiger partial charge is 0.287 e. The summed E-state index contributed by atoms with van der Waals surface area (Å²) in [5, 5.41) is 3.09. The van der Waals surface area contributed by atoms with Gasteiger partial charge in [-0.2, -0.15) is 0 Å². The molecule has 0 saturated heterocycles. The van der Waals surface area contributed by atoms with E-state index in [0.717, 1.165) is 11.0 Å². The lowest BCUT2D eigenvalue weighted by atomic mass is 10.0. The summed E-state index contributed by atoms with van der Waals surface area (Å²) in [5.41, 5.74) is 2.87. The lowest BCUT2D eigenvalue weighted by Crippen LogP contribution is -2.23. The van der Waals surface area contributed by atoms with Crippen molar-refractivity contribution in [2.75, 3.05) is 5.32 Å². The first kappa shape index (κ1) is 22.0. The molecule has 5 aromatic rings. The van der Waals surface area contributed by atoms with Crippen molar-refractivity contribution >= 4 is 39.4 Å². The molecule has 0 amide bonds. The van der Waals surface area contributed by atoms with E-state index in [4.69, 9.17) is 11.6 Å². The molecule has 0 aliphatic rings. The average molecular weight is 484 g/mol. The molecule has 0 aliphatic heterocycles. The van der Waals surface area contributed by atoms with Crippen LogP contribution in [-0.4, -0.2) is 31.8 Å². The van der Waals surface area contributed by atoms with Gasteiger partial charge in [0.1, 0.15) is 5.82 Å². The van der Waals surface area contributed by atoms with Crippen molar-refractivity contribution in [1.29, 1.82) is 0 Å². The van der Waals surface area contributed by atoms with Crippen LogP contribution in [0.2, 0.25) is 5.02 Å². The SMILES string of the molecule is Cn1cnc2ccc(-n3cc4ccc(NC(F)C(F)F)nc4c(-c4ccc(Cl)cc4)c3=O)cc21. The number of hydrogen-bond donors (Lipinski definition) is 1. The Bertz CT molecular complexity index is 1580. The molecular weight excluding hydrogens is 467 g/mol. The summed E-state index contributed by atoms with van der Waals surface area (Å²) in [4.78, 5) is 22.3. The van der Waals surface area contributed by atoms with Crippen LogP contribution < -0.4 is 10.9 Å². The number of aromatic nitrogens is 4. The Labute approximate surface area is 196 Å². The number of nitrogens with zero attached hydrogens (tertiary/aromatic N) is 4. The molecule has 3 heterocycles. The van der Waals surface area contributed by atoms with Gasteiger partial charge in [-0.15, -0.1) is 0 Å². The molecule has 10 heteroatoms. The molecule has 0 spiro atoms. The van der Waals surface area contributed by atoms with Crippen molar-refractivity contribution in [3.63, 3.8) is 0 Å². The average Bonchev–Trinajstić information content (AvgIpc) is 3.19. The highest BCUT2D eigenvalue weighted by atomic mass is 35.5. The van der Waals surface area contributed by atoms with Crippen molar-refractivity contribution in [3.8, 4) is 16.8 Å². The number of imidazole rings is 1. The number of rotatable bonds is 5. The lowest BCUT2D eigenvalue weighted by Gasteiger charge is -2.15. The number of aryl methyl sites for hydroxylation is 1. The highest BCUT2D eigenvalue weighted by molar-refractivity contribution is 6.30. The Balaban J connectivity index is 1.76. The van der Waals surface area contributed by atoms with E-state index in [1.807, 2.05) is 29.1 Å². The third kappa shape index (κ3) is 3.88. The van der Waals surface area contributed by atoms with Gasteiger partial charge in [-0.1, -0.05) is 23.7 Å². The van der Waals surface area contributed by atoms with Gasteiger partial charge in [0.25, 0.3) is 12.0 Å². The number of alkyl halides is 3. The normalized spacial score (nSPS) is 12.5. The first-order valence-electron chi connectivity index (χ1n) is 10.2. The van der Waals surface area contributed by atoms with E-state index in [1.54, 1.807) is 48.9 Å². The highest BCUT2D eigenvalue weighted by Gasteiger charge is 2.21. The van der Waals surface area contributed by atoms with Crippen LogP contribution in [0.4, 0.5) is 19.0 Å². The van der Waals surface area contributed by atoms with Crippen LogP contribution in [0, 0.1) is 0 Å².